The molecule has 2 aromatic rings. The number of benzene rings is 2. The van der Waals surface area contributed by atoms with E-state index in [-0.39, 0.29) is 18.2 Å². The minimum absolute atomic E-state index is 0.117. The number of amides is 2. The standard InChI is InChI=1S/C17H14BrN3O2/c18-13-8-4-5-9-14(13)19-17(23)15-10-11-16(22)21(20-15)12-6-2-1-3-7-12/h1-10,20H,11H2,(H,19,23). The van der Waals surface area contributed by atoms with Crippen molar-refractivity contribution in [2.45, 2.75) is 6.42 Å². The second kappa shape index (κ2) is 6.66. The number of nitrogens with zero attached hydrogens (tertiary/aromatic N) is 1. The molecule has 0 aromatic heterocycles. The molecule has 0 atom stereocenters. The fraction of sp³-hybridized carbons (Fsp3) is 0.0588. The lowest BCUT2D eigenvalue weighted by Gasteiger charge is -2.28. The van der Waals surface area contributed by atoms with Crippen LogP contribution < -0.4 is 15.8 Å². The Hall–Kier alpha value is -2.60. The molecule has 0 spiro atoms. The Morgan fingerprint density at radius 2 is 1.78 bits per heavy atom. The molecular weight excluding hydrogens is 358 g/mol. The summed E-state index contributed by atoms with van der Waals surface area (Å²) in [7, 11) is 0. The van der Waals surface area contributed by atoms with Crippen LogP contribution >= 0.6 is 15.9 Å². The lowest BCUT2D eigenvalue weighted by molar-refractivity contribution is -0.119. The zero-order valence-corrected chi connectivity index (χ0v) is 13.7. The first-order valence-electron chi connectivity index (χ1n) is 7.06. The van der Waals surface area contributed by atoms with Crippen LogP contribution in [0.3, 0.4) is 0 Å². The van der Waals surface area contributed by atoms with Gasteiger partial charge in [-0.05, 0) is 46.3 Å². The molecule has 5 nitrogen and oxygen atoms in total. The minimum atomic E-state index is -0.301. The van der Waals surface area contributed by atoms with E-state index in [2.05, 4.69) is 26.7 Å². The smallest absolute Gasteiger partial charge is 0.273 e. The van der Waals surface area contributed by atoms with Crippen molar-refractivity contribution >= 4 is 39.1 Å². The summed E-state index contributed by atoms with van der Waals surface area (Å²) < 4.78 is 0.792. The molecule has 0 radical (unpaired) electrons. The number of nitrogens with one attached hydrogen (secondary N) is 2. The zero-order valence-electron chi connectivity index (χ0n) is 12.1. The number of halogens is 1. The number of hydrogen-bond donors (Lipinski definition) is 2. The van der Waals surface area contributed by atoms with Gasteiger partial charge in [0, 0.05) is 10.9 Å². The summed E-state index contributed by atoms with van der Waals surface area (Å²) in [6, 6.07) is 16.5. The van der Waals surface area contributed by atoms with Crippen molar-refractivity contribution in [1.29, 1.82) is 0 Å². The molecule has 1 aliphatic rings. The van der Waals surface area contributed by atoms with Crippen LogP contribution in [0.2, 0.25) is 0 Å². The summed E-state index contributed by atoms with van der Waals surface area (Å²) in [5.41, 5.74) is 4.58. The predicted octanol–water partition coefficient (Wildman–Crippen LogP) is 3.21. The molecule has 116 valence electrons. The van der Waals surface area contributed by atoms with Gasteiger partial charge in [0.05, 0.1) is 11.4 Å². The van der Waals surface area contributed by atoms with Gasteiger partial charge in [-0.3, -0.25) is 15.0 Å². The van der Waals surface area contributed by atoms with Crippen LogP contribution in [0.15, 0.2) is 70.8 Å². The zero-order chi connectivity index (χ0) is 16.2. The van der Waals surface area contributed by atoms with E-state index in [1.165, 1.54) is 5.01 Å². The van der Waals surface area contributed by atoms with Gasteiger partial charge in [0.25, 0.3) is 5.91 Å². The van der Waals surface area contributed by atoms with Crippen LogP contribution in [0.4, 0.5) is 11.4 Å². The number of carbonyl (C=O) groups is 2. The fourth-order valence-corrected chi connectivity index (χ4v) is 2.57. The molecular formula is C17H14BrN3O2. The lowest BCUT2D eigenvalue weighted by Crippen LogP contribution is -2.47. The third kappa shape index (κ3) is 3.43. The number of hydrogen-bond acceptors (Lipinski definition) is 3. The van der Waals surface area contributed by atoms with Crippen LogP contribution in [-0.4, -0.2) is 11.8 Å². The summed E-state index contributed by atoms with van der Waals surface area (Å²) in [5.74, 6) is -0.418. The van der Waals surface area contributed by atoms with Crippen LogP contribution in [0.1, 0.15) is 6.42 Å². The highest BCUT2D eigenvalue weighted by atomic mass is 79.9. The molecule has 0 bridgehead atoms. The van der Waals surface area contributed by atoms with E-state index in [1.807, 2.05) is 36.4 Å². The Morgan fingerprint density at radius 3 is 2.52 bits per heavy atom. The highest BCUT2D eigenvalue weighted by Gasteiger charge is 2.24. The second-order valence-corrected chi connectivity index (χ2v) is 5.79. The topological polar surface area (TPSA) is 61.4 Å². The summed E-state index contributed by atoms with van der Waals surface area (Å²) in [6.07, 6.45) is 1.76. The number of hydrazine groups is 1. The first-order chi connectivity index (χ1) is 11.1. The number of para-hydroxylation sites is 2. The summed E-state index contributed by atoms with van der Waals surface area (Å²) >= 11 is 3.39. The maximum atomic E-state index is 12.4. The van der Waals surface area contributed by atoms with Crippen molar-refractivity contribution in [1.82, 2.24) is 5.43 Å². The molecule has 3 rings (SSSR count). The monoisotopic (exact) mass is 371 g/mol. The minimum Gasteiger partial charge on any atom is -0.320 e. The normalized spacial score (nSPS) is 14.0. The van der Waals surface area contributed by atoms with Crippen molar-refractivity contribution < 1.29 is 9.59 Å². The highest BCUT2D eigenvalue weighted by molar-refractivity contribution is 9.10. The van der Waals surface area contributed by atoms with Crippen LogP contribution in [-0.2, 0) is 9.59 Å². The van der Waals surface area contributed by atoms with Gasteiger partial charge in [-0.25, -0.2) is 5.01 Å². The van der Waals surface area contributed by atoms with Crippen LogP contribution in [0.25, 0.3) is 0 Å². The third-order valence-corrected chi connectivity index (χ3v) is 4.04. The molecule has 23 heavy (non-hydrogen) atoms. The average molecular weight is 372 g/mol. The van der Waals surface area contributed by atoms with E-state index in [0.29, 0.717) is 17.1 Å². The van der Waals surface area contributed by atoms with Crippen molar-refractivity contribution in [2.24, 2.45) is 0 Å². The molecule has 1 aliphatic heterocycles. The molecule has 0 saturated heterocycles. The molecule has 6 heteroatoms. The van der Waals surface area contributed by atoms with Crippen LogP contribution in [0.5, 0.6) is 0 Å². The van der Waals surface area contributed by atoms with Crippen LogP contribution in [0, 0.1) is 0 Å². The Labute approximate surface area is 142 Å². The fourth-order valence-electron chi connectivity index (χ4n) is 2.19. The number of anilines is 2. The highest BCUT2D eigenvalue weighted by Crippen LogP contribution is 2.22. The molecule has 0 aliphatic carbocycles. The largest absolute Gasteiger partial charge is 0.320 e. The Kier molecular flexibility index (Phi) is 4.43. The van der Waals surface area contributed by atoms with Gasteiger partial charge in [-0.1, -0.05) is 30.3 Å². The first kappa shape index (κ1) is 15.3. The second-order valence-electron chi connectivity index (χ2n) is 4.93. The Balaban J connectivity index is 1.77. The number of carbonyl (C=O) groups excluding carboxylic acids is 2. The SMILES string of the molecule is O=C(Nc1ccccc1Br)C1=CCC(=O)N(c2ccccc2)N1. The van der Waals surface area contributed by atoms with Crippen molar-refractivity contribution in [3.8, 4) is 0 Å². The third-order valence-electron chi connectivity index (χ3n) is 3.34. The summed E-state index contributed by atoms with van der Waals surface area (Å²) in [4.78, 5) is 24.5. The number of rotatable bonds is 3. The van der Waals surface area contributed by atoms with Crippen molar-refractivity contribution in [3.05, 3.63) is 70.8 Å². The van der Waals surface area contributed by atoms with Crippen molar-refractivity contribution in [3.63, 3.8) is 0 Å². The van der Waals surface area contributed by atoms with E-state index >= 15 is 0 Å². The molecule has 1 heterocycles. The van der Waals surface area contributed by atoms with Gasteiger partial charge in [-0.2, -0.15) is 0 Å². The Morgan fingerprint density at radius 1 is 1.09 bits per heavy atom. The Bertz CT molecular complexity index is 774. The van der Waals surface area contributed by atoms with Gasteiger partial charge in [0.15, 0.2) is 0 Å². The van der Waals surface area contributed by atoms with E-state index in [1.54, 1.807) is 24.3 Å². The van der Waals surface area contributed by atoms with Gasteiger partial charge >= 0.3 is 0 Å². The van der Waals surface area contributed by atoms with E-state index in [4.69, 9.17) is 0 Å². The predicted molar refractivity (Wildman–Crippen MR) is 92.5 cm³/mol. The van der Waals surface area contributed by atoms with E-state index in [9.17, 15) is 9.59 Å². The van der Waals surface area contributed by atoms with Gasteiger partial charge in [0.2, 0.25) is 5.91 Å². The summed E-state index contributed by atoms with van der Waals surface area (Å²) in [6.45, 7) is 0. The molecule has 0 saturated carbocycles. The van der Waals surface area contributed by atoms with Crippen molar-refractivity contribution in [2.75, 3.05) is 10.3 Å². The van der Waals surface area contributed by atoms with E-state index < -0.39 is 0 Å². The molecule has 0 unspecified atom stereocenters. The summed E-state index contributed by atoms with van der Waals surface area (Å²) in [5, 5.41) is 4.20. The maximum Gasteiger partial charge on any atom is 0.273 e. The quantitative estimate of drug-likeness (QED) is 0.870. The average Bonchev–Trinajstić information content (AvgIpc) is 2.58. The van der Waals surface area contributed by atoms with Gasteiger partial charge < -0.3 is 5.32 Å². The molecule has 2 amide bonds. The van der Waals surface area contributed by atoms with Gasteiger partial charge in [-0.15, -0.1) is 0 Å². The van der Waals surface area contributed by atoms with Gasteiger partial charge in [0.1, 0.15) is 5.70 Å². The molecule has 2 aromatic carbocycles. The molecule has 2 N–H and O–H groups in total. The maximum absolute atomic E-state index is 12.4. The lowest BCUT2D eigenvalue weighted by atomic mass is 10.2. The molecule has 0 fully saturated rings. The van der Waals surface area contributed by atoms with E-state index in [0.717, 1.165) is 4.47 Å². The first-order valence-corrected chi connectivity index (χ1v) is 7.85.